The highest BCUT2D eigenvalue weighted by molar-refractivity contribution is 6.06. The van der Waals surface area contributed by atoms with Crippen molar-refractivity contribution in [2.75, 3.05) is 12.4 Å². The predicted molar refractivity (Wildman–Crippen MR) is 100 cm³/mol. The molecule has 3 amide bonds. The maximum absolute atomic E-state index is 13.1. The van der Waals surface area contributed by atoms with Gasteiger partial charge < -0.3 is 20.7 Å². The van der Waals surface area contributed by atoms with Crippen LogP contribution in [0.4, 0.5) is 23.7 Å². The highest BCUT2D eigenvalue weighted by Crippen LogP contribution is 2.33. The van der Waals surface area contributed by atoms with Crippen LogP contribution in [0.2, 0.25) is 0 Å². The lowest BCUT2D eigenvalue weighted by molar-refractivity contribution is -0.137. The molecule has 2 aromatic rings. The van der Waals surface area contributed by atoms with E-state index >= 15 is 0 Å². The Labute approximate surface area is 164 Å². The first-order valence-corrected chi connectivity index (χ1v) is 8.60. The van der Waals surface area contributed by atoms with Crippen molar-refractivity contribution in [2.24, 2.45) is 0 Å². The molecule has 0 bridgehead atoms. The second kappa shape index (κ2) is 7.86. The SMILES string of the molecule is COc1ccc(NC(=O)C2=C(C)NC(=O)NC2c2cccc(C(F)(F)F)c2)cc1. The number of methoxy groups -OCH3 is 1. The summed E-state index contributed by atoms with van der Waals surface area (Å²) < 4.78 is 44.3. The first-order valence-electron chi connectivity index (χ1n) is 8.60. The Morgan fingerprint density at radius 3 is 2.45 bits per heavy atom. The van der Waals surface area contributed by atoms with Crippen LogP contribution in [0.3, 0.4) is 0 Å². The molecule has 29 heavy (non-hydrogen) atoms. The number of hydrogen-bond acceptors (Lipinski definition) is 3. The van der Waals surface area contributed by atoms with Gasteiger partial charge >= 0.3 is 12.2 Å². The topological polar surface area (TPSA) is 79.5 Å². The number of allylic oxidation sites excluding steroid dienone is 1. The average Bonchev–Trinajstić information content (AvgIpc) is 2.67. The van der Waals surface area contributed by atoms with Crippen molar-refractivity contribution < 1.29 is 27.5 Å². The summed E-state index contributed by atoms with van der Waals surface area (Å²) in [6.07, 6.45) is -4.54. The van der Waals surface area contributed by atoms with E-state index in [9.17, 15) is 22.8 Å². The van der Waals surface area contributed by atoms with Crippen molar-refractivity contribution in [3.63, 3.8) is 0 Å². The molecule has 1 aliphatic heterocycles. The second-order valence-electron chi connectivity index (χ2n) is 6.38. The number of anilines is 1. The highest BCUT2D eigenvalue weighted by Gasteiger charge is 2.34. The lowest BCUT2D eigenvalue weighted by atomic mass is 9.93. The quantitative estimate of drug-likeness (QED) is 0.720. The lowest BCUT2D eigenvalue weighted by Crippen LogP contribution is -2.46. The molecule has 0 spiro atoms. The third kappa shape index (κ3) is 4.50. The molecule has 2 aromatic carbocycles. The number of benzene rings is 2. The van der Waals surface area contributed by atoms with Gasteiger partial charge in [-0.05, 0) is 48.9 Å². The fourth-order valence-electron chi connectivity index (χ4n) is 3.01. The zero-order valence-corrected chi connectivity index (χ0v) is 15.6. The number of carbonyl (C=O) groups is 2. The van der Waals surface area contributed by atoms with E-state index in [1.807, 2.05) is 0 Å². The fourth-order valence-corrected chi connectivity index (χ4v) is 3.01. The van der Waals surface area contributed by atoms with Crippen molar-refractivity contribution in [3.05, 3.63) is 70.9 Å². The molecule has 9 heteroatoms. The molecule has 152 valence electrons. The summed E-state index contributed by atoms with van der Waals surface area (Å²) in [5.41, 5.74) is 0.113. The van der Waals surface area contributed by atoms with Crippen LogP contribution in [-0.4, -0.2) is 19.0 Å². The van der Waals surface area contributed by atoms with Gasteiger partial charge in [-0.25, -0.2) is 4.79 Å². The molecule has 1 unspecified atom stereocenters. The van der Waals surface area contributed by atoms with Crippen molar-refractivity contribution in [3.8, 4) is 5.75 Å². The zero-order valence-electron chi connectivity index (χ0n) is 15.6. The Hall–Kier alpha value is -3.49. The number of urea groups is 1. The number of amides is 3. The Morgan fingerprint density at radius 2 is 1.83 bits per heavy atom. The normalized spacial score (nSPS) is 16.7. The van der Waals surface area contributed by atoms with E-state index in [1.54, 1.807) is 24.3 Å². The maximum atomic E-state index is 13.1. The Kier molecular flexibility index (Phi) is 5.49. The number of nitrogens with one attached hydrogen (secondary N) is 3. The molecule has 3 N–H and O–H groups in total. The van der Waals surface area contributed by atoms with E-state index in [0.29, 0.717) is 11.4 Å². The van der Waals surface area contributed by atoms with Gasteiger partial charge in [0.05, 0.1) is 24.3 Å². The average molecular weight is 405 g/mol. The number of carbonyl (C=O) groups excluding carboxylic acids is 2. The van der Waals surface area contributed by atoms with E-state index in [0.717, 1.165) is 12.1 Å². The Morgan fingerprint density at radius 1 is 1.14 bits per heavy atom. The standard InChI is InChI=1S/C20H18F3N3O3/c1-11-16(18(27)25-14-6-8-15(29-2)9-7-14)17(26-19(28)24-11)12-4-3-5-13(10-12)20(21,22)23/h3-10,17H,1-2H3,(H,25,27)(H2,24,26,28). The van der Waals surface area contributed by atoms with Gasteiger partial charge in [0.1, 0.15) is 5.75 Å². The smallest absolute Gasteiger partial charge is 0.416 e. The summed E-state index contributed by atoms with van der Waals surface area (Å²) in [5, 5.41) is 7.69. The molecule has 0 saturated carbocycles. The van der Waals surface area contributed by atoms with E-state index in [1.165, 1.54) is 26.2 Å². The highest BCUT2D eigenvalue weighted by atomic mass is 19.4. The van der Waals surface area contributed by atoms with Crippen molar-refractivity contribution in [1.82, 2.24) is 10.6 Å². The van der Waals surface area contributed by atoms with Crippen molar-refractivity contribution in [1.29, 1.82) is 0 Å². The number of rotatable bonds is 4. The monoisotopic (exact) mass is 405 g/mol. The zero-order chi connectivity index (χ0) is 21.2. The van der Waals surface area contributed by atoms with Crippen LogP contribution in [0.5, 0.6) is 5.75 Å². The summed E-state index contributed by atoms with van der Waals surface area (Å²) in [7, 11) is 1.51. The molecule has 1 heterocycles. The summed E-state index contributed by atoms with van der Waals surface area (Å²) in [6.45, 7) is 1.52. The number of hydrogen-bond donors (Lipinski definition) is 3. The first-order chi connectivity index (χ1) is 13.7. The van der Waals surface area contributed by atoms with Gasteiger partial charge in [0, 0.05) is 11.4 Å². The van der Waals surface area contributed by atoms with E-state index in [2.05, 4.69) is 16.0 Å². The molecule has 0 saturated heterocycles. The van der Waals surface area contributed by atoms with Gasteiger partial charge in [0.25, 0.3) is 5.91 Å². The predicted octanol–water partition coefficient (Wildman–Crippen LogP) is 3.98. The minimum Gasteiger partial charge on any atom is -0.497 e. The molecule has 0 aromatic heterocycles. The number of halogens is 3. The van der Waals surface area contributed by atoms with Crippen LogP contribution in [0, 0.1) is 0 Å². The van der Waals surface area contributed by atoms with Crippen LogP contribution >= 0.6 is 0 Å². The van der Waals surface area contributed by atoms with Gasteiger partial charge in [0.2, 0.25) is 0 Å². The third-order valence-electron chi connectivity index (χ3n) is 4.41. The molecule has 0 aliphatic carbocycles. The van der Waals surface area contributed by atoms with Gasteiger partial charge in [-0.1, -0.05) is 12.1 Å². The van der Waals surface area contributed by atoms with Gasteiger partial charge in [0.15, 0.2) is 0 Å². The van der Waals surface area contributed by atoms with Crippen LogP contribution in [0.25, 0.3) is 0 Å². The molecule has 6 nitrogen and oxygen atoms in total. The van der Waals surface area contributed by atoms with Gasteiger partial charge in [-0.3, -0.25) is 4.79 Å². The Bertz CT molecular complexity index is 969. The van der Waals surface area contributed by atoms with Gasteiger partial charge in [-0.2, -0.15) is 13.2 Å². The molecule has 3 rings (SSSR count). The number of alkyl halides is 3. The minimum absolute atomic E-state index is 0.111. The van der Waals surface area contributed by atoms with Gasteiger partial charge in [-0.15, -0.1) is 0 Å². The third-order valence-corrected chi connectivity index (χ3v) is 4.41. The van der Waals surface area contributed by atoms with Crippen molar-refractivity contribution in [2.45, 2.75) is 19.1 Å². The second-order valence-corrected chi connectivity index (χ2v) is 6.38. The fraction of sp³-hybridized carbons (Fsp3) is 0.200. The van der Waals surface area contributed by atoms with Crippen LogP contribution in [0.15, 0.2) is 59.8 Å². The Balaban J connectivity index is 1.94. The van der Waals surface area contributed by atoms with E-state index in [4.69, 9.17) is 4.74 Å². The molecule has 1 aliphatic rings. The van der Waals surface area contributed by atoms with Crippen molar-refractivity contribution >= 4 is 17.6 Å². The molecule has 0 radical (unpaired) electrons. The molecule has 0 fully saturated rings. The van der Waals surface area contributed by atoms with Crippen LogP contribution in [0.1, 0.15) is 24.1 Å². The summed E-state index contributed by atoms with van der Waals surface area (Å²) in [5.74, 6) is 0.0504. The molecular formula is C20H18F3N3O3. The maximum Gasteiger partial charge on any atom is 0.416 e. The minimum atomic E-state index is -4.54. The van der Waals surface area contributed by atoms with E-state index in [-0.39, 0.29) is 16.8 Å². The largest absolute Gasteiger partial charge is 0.497 e. The van der Waals surface area contributed by atoms with Crippen LogP contribution in [-0.2, 0) is 11.0 Å². The first kappa shape index (κ1) is 20.2. The van der Waals surface area contributed by atoms with Crippen LogP contribution < -0.4 is 20.7 Å². The summed E-state index contributed by atoms with van der Waals surface area (Å²) in [6, 6.07) is 9.44. The number of ether oxygens (including phenoxy) is 1. The van der Waals surface area contributed by atoms with E-state index < -0.39 is 29.7 Å². The molecular weight excluding hydrogens is 387 g/mol. The summed E-state index contributed by atoms with van der Waals surface area (Å²) >= 11 is 0. The summed E-state index contributed by atoms with van der Waals surface area (Å²) in [4.78, 5) is 24.8. The lowest BCUT2D eigenvalue weighted by Gasteiger charge is -2.29. The molecule has 1 atom stereocenters.